The fourth-order valence-electron chi connectivity index (χ4n) is 5.11. The molecule has 10 heteroatoms. The highest BCUT2D eigenvalue weighted by molar-refractivity contribution is 5.72. The highest BCUT2D eigenvalue weighted by Gasteiger charge is 2.26. The van der Waals surface area contributed by atoms with Gasteiger partial charge in [0.05, 0.1) is 24.5 Å². The zero-order valence-corrected chi connectivity index (χ0v) is 22.1. The summed E-state index contributed by atoms with van der Waals surface area (Å²) >= 11 is 0. The summed E-state index contributed by atoms with van der Waals surface area (Å²) in [5.41, 5.74) is 2.77. The van der Waals surface area contributed by atoms with E-state index in [1.807, 2.05) is 20.8 Å². The van der Waals surface area contributed by atoms with E-state index in [2.05, 4.69) is 48.6 Å². The number of amides is 1. The number of carbonyl (C=O) groups excluding carboxylic acids is 1. The number of hydrogen-bond acceptors (Lipinski definition) is 9. The summed E-state index contributed by atoms with van der Waals surface area (Å²) in [5, 5.41) is 6.39. The molecule has 0 aliphatic carbocycles. The van der Waals surface area contributed by atoms with E-state index in [0.717, 1.165) is 74.2 Å². The fraction of sp³-hybridized carbons (Fsp3) is 0.593. The minimum absolute atomic E-state index is 0.356. The molecule has 3 aliphatic rings. The Kier molecular flexibility index (Phi) is 7.66. The summed E-state index contributed by atoms with van der Waals surface area (Å²) in [6, 6.07) is 6.48. The summed E-state index contributed by atoms with van der Waals surface area (Å²) in [7, 11) is 0. The van der Waals surface area contributed by atoms with Crippen LogP contribution in [-0.2, 0) is 16.1 Å². The first-order chi connectivity index (χ1) is 17.9. The SMILES string of the molecule is CC(C)(C)OC(=O)NCCN1CCC(c2ccc3c(c2)Nc2ncnc(N4CCOCC4)c2CO3)CC1. The molecule has 1 aromatic heterocycles. The number of anilines is 3. The van der Waals surface area contributed by atoms with Crippen molar-refractivity contribution in [2.75, 3.05) is 62.7 Å². The number of benzene rings is 1. The van der Waals surface area contributed by atoms with Crippen LogP contribution in [0.1, 0.15) is 50.7 Å². The summed E-state index contributed by atoms with van der Waals surface area (Å²) in [5.74, 6) is 3.04. The van der Waals surface area contributed by atoms with Crippen LogP contribution in [0.15, 0.2) is 24.5 Å². The van der Waals surface area contributed by atoms with Crippen molar-refractivity contribution in [1.82, 2.24) is 20.2 Å². The average molecular weight is 511 g/mol. The van der Waals surface area contributed by atoms with Crippen molar-refractivity contribution in [3.05, 3.63) is 35.7 Å². The van der Waals surface area contributed by atoms with E-state index in [4.69, 9.17) is 14.2 Å². The lowest BCUT2D eigenvalue weighted by atomic mass is 9.89. The third-order valence-corrected chi connectivity index (χ3v) is 7.02. The highest BCUT2D eigenvalue weighted by Crippen LogP contribution is 2.39. The second kappa shape index (κ2) is 11.1. The van der Waals surface area contributed by atoms with E-state index >= 15 is 0 Å². The number of hydrogen-bond donors (Lipinski definition) is 2. The zero-order chi connectivity index (χ0) is 25.8. The quantitative estimate of drug-likeness (QED) is 0.624. The van der Waals surface area contributed by atoms with Crippen molar-refractivity contribution in [2.45, 2.75) is 51.7 Å². The highest BCUT2D eigenvalue weighted by atomic mass is 16.6. The molecular weight excluding hydrogens is 472 g/mol. The van der Waals surface area contributed by atoms with Gasteiger partial charge in [0.15, 0.2) is 0 Å². The fourth-order valence-corrected chi connectivity index (χ4v) is 5.11. The molecule has 1 amide bonds. The average Bonchev–Trinajstić information content (AvgIpc) is 3.07. The van der Waals surface area contributed by atoms with Crippen LogP contribution in [0.3, 0.4) is 0 Å². The van der Waals surface area contributed by atoms with Crippen molar-refractivity contribution in [3.63, 3.8) is 0 Å². The van der Waals surface area contributed by atoms with Crippen LogP contribution in [0, 0.1) is 0 Å². The molecule has 2 saturated heterocycles. The summed E-state index contributed by atoms with van der Waals surface area (Å²) in [4.78, 5) is 25.6. The second-order valence-corrected chi connectivity index (χ2v) is 10.8. The lowest BCUT2D eigenvalue weighted by molar-refractivity contribution is 0.0520. The number of likely N-dealkylation sites (tertiary alicyclic amines) is 1. The third-order valence-electron chi connectivity index (χ3n) is 7.02. The number of nitrogens with zero attached hydrogens (tertiary/aromatic N) is 4. The molecule has 2 N–H and O–H groups in total. The Hall–Kier alpha value is -3.11. The number of fused-ring (bicyclic) bond motifs is 2. The standard InChI is InChI=1S/C27H38N6O4/c1-27(2,3)37-26(34)28-8-11-32-9-6-19(7-10-32)20-4-5-23-22(16-20)31-24-21(17-36-23)25(30-18-29-24)33-12-14-35-15-13-33/h4-5,16,18-19H,6-15,17H2,1-3H3,(H,28,34)(H,29,30,31). The number of alkyl carbamates (subject to hydrolysis) is 1. The van der Waals surface area contributed by atoms with Gasteiger partial charge in [-0.15, -0.1) is 0 Å². The molecule has 3 aliphatic heterocycles. The van der Waals surface area contributed by atoms with Crippen LogP contribution in [0.5, 0.6) is 5.75 Å². The minimum Gasteiger partial charge on any atom is -0.486 e. The third kappa shape index (κ3) is 6.42. The number of nitrogens with one attached hydrogen (secondary N) is 2. The van der Waals surface area contributed by atoms with Gasteiger partial charge in [-0.2, -0.15) is 0 Å². The van der Waals surface area contributed by atoms with Gasteiger partial charge in [-0.3, -0.25) is 0 Å². The van der Waals surface area contributed by atoms with E-state index < -0.39 is 5.60 Å². The molecule has 4 heterocycles. The van der Waals surface area contributed by atoms with Gasteiger partial charge in [-0.25, -0.2) is 14.8 Å². The molecule has 0 radical (unpaired) electrons. The number of rotatable bonds is 5. The molecule has 1 aromatic carbocycles. The summed E-state index contributed by atoms with van der Waals surface area (Å²) < 4.78 is 17.0. The molecule has 0 bridgehead atoms. The molecule has 0 saturated carbocycles. The van der Waals surface area contributed by atoms with Gasteiger partial charge in [0, 0.05) is 26.2 Å². The van der Waals surface area contributed by atoms with Crippen LogP contribution in [0.2, 0.25) is 0 Å². The van der Waals surface area contributed by atoms with Gasteiger partial charge in [-0.05, 0) is 70.3 Å². The Morgan fingerprint density at radius 1 is 1.16 bits per heavy atom. The second-order valence-electron chi connectivity index (χ2n) is 10.8. The lowest BCUT2D eigenvalue weighted by Crippen LogP contribution is -2.40. The van der Waals surface area contributed by atoms with Crippen LogP contribution in [0.25, 0.3) is 0 Å². The Labute approximate surface area is 218 Å². The predicted octanol–water partition coefficient (Wildman–Crippen LogP) is 3.65. The summed E-state index contributed by atoms with van der Waals surface area (Å²) in [6.07, 6.45) is 3.42. The maximum atomic E-state index is 11.9. The maximum Gasteiger partial charge on any atom is 0.407 e. The minimum atomic E-state index is -0.476. The lowest BCUT2D eigenvalue weighted by Gasteiger charge is -2.32. The van der Waals surface area contributed by atoms with Crippen molar-refractivity contribution in [3.8, 4) is 5.75 Å². The van der Waals surface area contributed by atoms with E-state index in [9.17, 15) is 4.79 Å². The van der Waals surface area contributed by atoms with Crippen molar-refractivity contribution >= 4 is 23.4 Å². The monoisotopic (exact) mass is 510 g/mol. The Balaban J connectivity index is 1.18. The Morgan fingerprint density at radius 2 is 1.95 bits per heavy atom. The van der Waals surface area contributed by atoms with Crippen molar-refractivity contribution in [1.29, 1.82) is 0 Å². The van der Waals surface area contributed by atoms with E-state index in [1.54, 1.807) is 6.33 Å². The largest absolute Gasteiger partial charge is 0.486 e. The van der Waals surface area contributed by atoms with Crippen LogP contribution < -0.4 is 20.3 Å². The molecule has 0 atom stereocenters. The molecule has 10 nitrogen and oxygen atoms in total. The van der Waals surface area contributed by atoms with Crippen molar-refractivity contribution < 1.29 is 19.0 Å². The van der Waals surface area contributed by atoms with Gasteiger partial charge in [0.2, 0.25) is 0 Å². The molecule has 0 spiro atoms. The Morgan fingerprint density at radius 3 is 2.70 bits per heavy atom. The number of ether oxygens (including phenoxy) is 3. The van der Waals surface area contributed by atoms with Crippen LogP contribution in [0.4, 0.5) is 22.1 Å². The number of piperidine rings is 1. The first-order valence-electron chi connectivity index (χ1n) is 13.3. The number of aromatic nitrogens is 2. The molecule has 5 rings (SSSR count). The van der Waals surface area contributed by atoms with Gasteiger partial charge in [-0.1, -0.05) is 6.07 Å². The van der Waals surface area contributed by atoms with Gasteiger partial charge in [0.1, 0.15) is 35.9 Å². The molecule has 0 unspecified atom stereocenters. The Bertz CT molecular complexity index is 1090. The van der Waals surface area contributed by atoms with Gasteiger partial charge in [0.25, 0.3) is 0 Å². The molecule has 2 aromatic rings. The summed E-state index contributed by atoms with van der Waals surface area (Å²) in [6.45, 7) is 12.5. The predicted molar refractivity (Wildman–Crippen MR) is 142 cm³/mol. The van der Waals surface area contributed by atoms with Crippen LogP contribution >= 0.6 is 0 Å². The van der Waals surface area contributed by atoms with Crippen LogP contribution in [-0.4, -0.2) is 79.0 Å². The van der Waals surface area contributed by atoms with E-state index in [0.29, 0.717) is 32.3 Å². The smallest absolute Gasteiger partial charge is 0.407 e. The van der Waals surface area contributed by atoms with E-state index in [-0.39, 0.29) is 6.09 Å². The molecule has 200 valence electrons. The van der Waals surface area contributed by atoms with Crippen molar-refractivity contribution in [2.24, 2.45) is 0 Å². The molecular formula is C27H38N6O4. The molecule has 37 heavy (non-hydrogen) atoms. The maximum absolute atomic E-state index is 11.9. The number of carbonyl (C=O) groups is 1. The van der Waals surface area contributed by atoms with Gasteiger partial charge < -0.3 is 34.6 Å². The first-order valence-corrected chi connectivity index (χ1v) is 13.3. The molecule has 2 fully saturated rings. The van der Waals surface area contributed by atoms with Gasteiger partial charge >= 0.3 is 6.09 Å². The zero-order valence-electron chi connectivity index (χ0n) is 22.1. The number of morpholine rings is 1. The van der Waals surface area contributed by atoms with E-state index in [1.165, 1.54) is 5.56 Å². The normalized spacial score (nSPS) is 18.6. The topological polar surface area (TPSA) is 101 Å². The first kappa shape index (κ1) is 25.5.